The van der Waals surface area contributed by atoms with E-state index in [1.807, 2.05) is 84.9 Å². The molecule has 1 aliphatic rings. The SMILES string of the molecule is COc1ccccc1C1=NO[C@H](CN(Cc2ccccc2)C(=O)Nc2ccccc2)C1. The van der Waals surface area contributed by atoms with Gasteiger partial charge in [0, 0.05) is 24.2 Å². The highest BCUT2D eigenvalue weighted by molar-refractivity contribution is 6.03. The lowest BCUT2D eigenvalue weighted by molar-refractivity contribution is 0.0608. The van der Waals surface area contributed by atoms with E-state index >= 15 is 0 Å². The van der Waals surface area contributed by atoms with E-state index in [2.05, 4.69) is 10.5 Å². The van der Waals surface area contributed by atoms with Crippen molar-refractivity contribution in [3.8, 4) is 5.75 Å². The second-order valence-electron chi connectivity index (χ2n) is 7.33. The minimum atomic E-state index is -0.231. The third kappa shape index (κ3) is 5.22. The summed E-state index contributed by atoms with van der Waals surface area (Å²) in [5.74, 6) is 0.758. The lowest BCUT2D eigenvalue weighted by atomic mass is 10.0. The summed E-state index contributed by atoms with van der Waals surface area (Å²) in [5.41, 5.74) is 3.54. The zero-order valence-electron chi connectivity index (χ0n) is 17.4. The maximum atomic E-state index is 13.1. The number of benzene rings is 3. The van der Waals surface area contributed by atoms with E-state index in [9.17, 15) is 4.79 Å². The number of amides is 2. The molecule has 0 saturated carbocycles. The summed E-state index contributed by atoms with van der Waals surface area (Å²) in [6, 6.07) is 26.9. The van der Waals surface area contributed by atoms with Crippen LogP contribution in [0.5, 0.6) is 5.75 Å². The van der Waals surface area contributed by atoms with Gasteiger partial charge in [-0.25, -0.2) is 4.79 Å². The molecule has 2 amide bonds. The van der Waals surface area contributed by atoms with E-state index in [1.54, 1.807) is 12.0 Å². The number of hydrogen-bond donors (Lipinski definition) is 1. The van der Waals surface area contributed by atoms with Crippen LogP contribution in [-0.4, -0.2) is 36.4 Å². The van der Waals surface area contributed by atoms with E-state index in [0.29, 0.717) is 19.5 Å². The Labute approximate surface area is 182 Å². The van der Waals surface area contributed by atoms with Gasteiger partial charge in [0.05, 0.1) is 19.4 Å². The van der Waals surface area contributed by atoms with Gasteiger partial charge in [0.2, 0.25) is 0 Å². The number of oxime groups is 1. The molecule has 31 heavy (non-hydrogen) atoms. The van der Waals surface area contributed by atoms with Gasteiger partial charge >= 0.3 is 6.03 Å². The van der Waals surface area contributed by atoms with Gasteiger partial charge in [-0.1, -0.05) is 65.8 Å². The van der Waals surface area contributed by atoms with E-state index in [4.69, 9.17) is 9.57 Å². The summed E-state index contributed by atoms with van der Waals surface area (Å²) < 4.78 is 5.45. The Hall–Kier alpha value is -3.80. The van der Waals surface area contributed by atoms with Crippen molar-refractivity contribution in [3.05, 3.63) is 96.1 Å². The molecule has 0 spiro atoms. The Morgan fingerprint density at radius 1 is 1.03 bits per heavy atom. The molecule has 6 nitrogen and oxygen atoms in total. The molecule has 0 fully saturated rings. The van der Waals surface area contributed by atoms with Crippen LogP contribution in [0.15, 0.2) is 90.1 Å². The van der Waals surface area contributed by atoms with Crippen molar-refractivity contribution in [1.82, 2.24) is 4.90 Å². The molecule has 0 radical (unpaired) electrons. The zero-order chi connectivity index (χ0) is 21.5. The smallest absolute Gasteiger partial charge is 0.322 e. The Kier molecular flexibility index (Phi) is 6.47. The van der Waals surface area contributed by atoms with Gasteiger partial charge in [-0.15, -0.1) is 0 Å². The molecule has 0 saturated heterocycles. The third-order valence-corrected chi connectivity index (χ3v) is 5.10. The van der Waals surface area contributed by atoms with Crippen molar-refractivity contribution in [3.63, 3.8) is 0 Å². The molecule has 0 aromatic heterocycles. The molecule has 6 heteroatoms. The molecular formula is C25H25N3O3. The van der Waals surface area contributed by atoms with Gasteiger partial charge in [0.25, 0.3) is 0 Å². The highest BCUT2D eigenvalue weighted by Gasteiger charge is 2.28. The number of carbonyl (C=O) groups is 1. The minimum absolute atomic E-state index is 0.176. The van der Waals surface area contributed by atoms with Crippen molar-refractivity contribution in [2.24, 2.45) is 5.16 Å². The first kappa shape index (κ1) is 20.5. The molecule has 158 valence electrons. The van der Waals surface area contributed by atoms with Gasteiger partial charge in [-0.2, -0.15) is 0 Å². The number of para-hydroxylation sites is 2. The van der Waals surface area contributed by atoms with Crippen LogP contribution >= 0.6 is 0 Å². The normalized spacial score (nSPS) is 15.0. The summed E-state index contributed by atoms with van der Waals surface area (Å²) in [4.78, 5) is 20.5. The molecule has 1 aliphatic heterocycles. The fraction of sp³-hybridized carbons (Fsp3) is 0.200. The maximum absolute atomic E-state index is 13.1. The average molecular weight is 415 g/mol. The van der Waals surface area contributed by atoms with Crippen molar-refractivity contribution in [2.75, 3.05) is 19.0 Å². The zero-order valence-corrected chi connectivity index (χ0v) is 17.4. The lowest BCUT2D eigenvalue weighted by Gasteiger charge is -2.25. The highest BCUT2D eigenvalue weighted by Crippen LogP contribution is 2.25. The molecule has 1 atom stereocenters. The van der Waals surface area contributed by atoms with Crippen molar-refractivity contribution >= 4 is 17.4 Å². The fourth-order valence-electron chi connectivity index (χ4n) is 3.56. The highest BCUT2D eigenvalue weighted by atomic mass is 16.6. The predicted molar refractivity (Wildman–Crippen MR) is 121 cm³/mol. The fourth-order valence-corrected chi connectivity index (χ4v) is 3.56. The van der Waals surface area contributed by atoms with Crippen LogP contribution in [0.25, 0.3) is 0 Å². The molecule has 3 aromatic rings. The molecule has 3 aromatic carbocycles. The Balaban J connectivity index is 1.46. The number of rotatable bonds is 7. The number of urea groups is 1. The molecule has 0 bridgehead atoms. The molecule has 1 N–H and O–H groups in total. The largest absolute Gasteiger partial charge is 0.496 e. The molecule has 4 rings (SSSR count). The van der Waals surface area contributed by atoms with E-state index in [0.717, 1.165) is 28.3 Å². The van der Waals surface area contributed by atoms with Gasteiger partial charge in [-0.3, -0.25) is 0 Å². The molecular weight excluding hydrogens is 390 g/mol. The number of nitrogens with one attached hydrogen (secondary N) is 1. The lowest BCUT2D eigenvalue weighted by Crippen LogP contribution is -2.40. The van der Waals surface area contributed by atoms with Crippen LogP contribution in [0.1, 0.15) is 17.5 Å². The van der Waals surface area contributed by atoms with Crippen LogP contribution in [0.4, 0.5) is 10.5 Å². The number of hydrogen-bond acceptors (Lipinski definition) is 4. The van der Waals surface area contributed by atoms with Crippen molar-refractivity contribution < 1.29 is 14.4 Å². The third-order valence-electron chi connectivity index (χ3n) is 5.10. The van der Waals surface area contributed by atoms with Crippen molar-refractivity contribution in [1.29, 1.82) is 0 Å². The van der Waals surface area contributed by atoms with Gasteiger partial charge in [-0.05, 0) is 29.8 Å². The predicted octanol–water partition coefficient (Wildman–Crippen LogP) is 4.92. The van der Waals surface area contributed by atoms with E-state index in [-0.39, 0.29) is 12.1 Å². The van der Waals surface area contributed by atoms with Gasteiger partial charge < -0.3 is 19.8 Å². The van der Waals surface area contributed by atoms with Crippen LogP contribution in [0, 0.1) is 0 Å². The first-order valence-corrected chi connectivity index (χ1v) is 10.2. The molecule has 1 heterocycles. The first-order valence-electron chi connectivity index (χ1n) is 10.2. The van der Waals surface area contributed by atoms with Gasteiger partial charge in [0.15, 0.2) is 6.10 Å². The Bertz CT molecular complexity index is 1040. The number of methoxy groups -OCH3 is 1. The Morgan fingerprint density at radius 3 is 2.45 bits per heavy atom. The van der Waals surface area contributed by atoms with Crippen LogP contribution in [-0.2, 0) is 11.4 Å². The maximum Gasteiger partial charge on any atom is 0.322 e. The van der Waals surface area contributed by atoms with E-state index < -0.39 is 0 Å². The molecule has 0 aliphatic carbocycles. The minimum Gasteiger partial charge on any atom is -0.496 e. The number of anilines is 1. The van der Waals surface area contributed by atoms with Crippen LogP contribution in [0.3, 0.4) is 0 Å². The second-order valence-corrected chi connectivity index (χ2v) is 7.33. The standard InChI is InChI=1S/C25H25N3O3/c1-30-24-15-9-8-14-22(24)23-16-21(31-27-23)18-28(17-19-10-4-2-5-11-19)25(29)26-20-12-6-3-7-13-20/h2-15,21H,16-18H2,1H3,(H,26,29)/t21-/m0/s1. The summed E-state index contributed by atoms with van der Waals surface area (Å²) in [5, 5.41) is 7.25. The number of carbonyl (C=O) groups excluding carboxylic acids is 1. The quantitative estimate of drug-likeness (QED) is 0.596. The summed E-state index contributed by atoms with van der Waals surface area (Å²) in [6.45, 7) is 0.888. The summed E-state index contributed by atoms with van der Waals surface area (Å²) in [7, 11) is 1.64. The van der Waals surface area contributed by atoms with E-state index in [1.165, 1.54) is 0 Å². The van der Waals surface area contributed by atoms with Crippen LogP contribution in [0.2, 0.25) is 0 Å². The first-order chi connectivity index (χ1) is 15.2. The Morgan fingerprint density at radius 2 is 1.71 bits per heavy atom. The van der Waals surface area contributed by atoms with Crippen molar-refractivity contribution in [2.45, 2.75) is 19.1 Å². The topological polar surface area (TPSA) is 63.2 Å². The monoisotopic (exact) mass is 415 g/mol. The summed E-state index contributed by atoms with van der Waals surface area (Å²) in [6.07, 6.45) is 0.370. The average Bonchev–Trinajstić information content (AvgIpc) is 3.28. The van der Waals surface area contributed by atoms with Crippen LogP contribution < -0.4 is 10.1 Å². The number of ether oxygens (including phenoxy) is 1. The second kappa shape index (κ2) is 9.80. The number of nitrogens with zero attached hydrogens (tertiary/aromatic N) is 2. The van der Waals surface area contributed by atoms with Gasteiger partial charge in [0.1, 0.15) is 5.75 Å². The summed E-state index contributed by atoms with van der Waals surface area (Å²) >= 11 is 0. The molecule has 0 unspecified atom stereocenters.